The number of fused-ring (bicyclic) bond motifs is 5. The zero-order valence-electron chi connectivity index (χ0n) is 14.9. The van der Waals surface area contributed by atoms with Gasteiger partial charge in [-0.15, -0.1) is 0 Å². The van der Waals surface area contributed by atoms with Gasteiger partial charge in [0.05, 0.1) is 0 Å². The molecule has 4 heteroatoms. The van der Waals surface area contributed by atoms with Crippen LogP contribution >= 0.6 is 0 Å². The van der Waals surface area contributed by atoms with E-state index in [2.05, 4.69) is 68.1 Å². The van der Waals surface area contributed by atoms with Crippen LogP contribution in [0.15, 0.2) is 42.7 Å². The molecule has 0 saturated heterocycles. The lowest BCUT2D eigenvalue weighted by atomic mass is 10.1. The Hall–Kier alpha value is -2.46. The Labute approximate surface area is 147 Å². The minimum absolute atomic E-state index is 0.145. The highest BCUT2D eigenvalue weighted by Gasteiger charge is 2.43. The highest BCUT2D eigenvalue weighted by molar-refractivity contribution is 5.48. The van der Waals surface area contributed by atoms with Crippen LogP contribution in [-0.4, -0.2) is 9.78 Å². The van der Waals surface area contributed by atoms with Crippen molar-refractivity contribution in [1.29, 1.82) is 0 Å². The van der Waals surface area contributed by atoms with Crippen molar-refractivity contribution in [2.24, 2.45) is 0 Å². The Balaban J connectivity index is 1.60. The summed E-state index contributed by atoms with van der Waals surface area (Å²) in [4.78, 5) is 0. The van der Waals surface area contributed by atoms with Crippen LogP contribution in [0.1, 0.15) is 45.8 Å². The quantitative estimate of drug-likeness (QED) is 0.639. The van der Waals surface area contributed by atoms with Crippen LogP contribution in [0.5, 0.6) is 0 Å². The summed E-state index contributed by atoms with van der Waals surface area (Å²) in [5, 5.41) is 4.85. The van der Waals surface area contributed by atoms with Crippen molar-refractivity contribution in [3.8, 4) is 5.69 Å². The van der Waals surface area contributed by atoms with Gasteiger partial charge in [-0.05, 0) is 43.0 Å². The predicted molar refractivity (Wildman–Crippen MR) is 94.7 cm³/mol. The van der Waals surface area contributed by atoms with E-state index < -0.39 is 0 Å². The Bertz CT molecular complexity index is 966. The third kappa shape index (κ3) is 2.17. The molecule has 1 aliphatic carbocycles. The summed E-state index contributed by atoms with van der Waals surface area (Å²) in [5.74, 6) is 1.01. The summed E-state index contributed by atoms with van der Waals surface area (Å²) in [7, 11) is 0. The van der Waals surface area contributed by atoms with Gasteiger partial charge >= 0.3 is 5.82 Å². The Morgan fingerprint density at radius 1 is 1.12 bits per heavy atom. The van der Waals surface area contributed by atoms with E-state index in [0.29, 0.717) is 12.6 Å². The minimum atomic E-state index is 0.145. The SMILES string of the molecule is Cc1cc(C)c(-n2c[n+]3c(n2)CO[C@@H]2c4ccccc4C[C@@H]23)c(C)c1. The fourth-order valence-electron chi connectivity index (χ4n) is 4.55. The van der Waals surface area contributed by atoms with Gasteiger partial charge in [-0.2, -0.15) is 0 Å². The molecule has 0 fully saturated rings. The highest BCUT2D eigenvalue weighted by Crippen LogP contribution is 2.41. The normalized spacial score (nSPS) is 20.9. The maximum atomic E-state index is 6.19. The summed E-state index contributed by atoms with van der Waals surface area (Å²) < 4.78 is 10.5. The molecule has 2 heterocycles. The number of rotatable bonds is 1. The summed E-state index contributed by atoms with van der Waals surface area (Å²) in [6.45, 7) is 7.02. The van der Waals surface area contributed by atoms with E-state index in [0.717, 1.165) is 12.2 Å². The van der Waals surface area contributed by atoms with Crippen molar-refractivity contribution in [2.45, 2.75) is 45.9 Å². The first-order chi connectivity index (χ1) is 12.1. The van der Waals surface area contributed by atoms with Gasteiger partial charge in [0.15, 0.2) is 0 Å². The summed E-state index contributed by atoms with van der Waals surface area (Å²) >= 11 is 0. The highest BCUT2D eigenvalue weighted by atomic mass is 16.5. The van der Waals surface area contributed by atoms with Gasteiger partial charge < -0.3 is 4.74 Å². The van der Waals surface area contributed by atoms with E-state index in [1.54, 1.807) is 0 Å². The van der Waals surface area contributed by atoms with Gasteiger partial charge in [-0.25, -0.2) is 4.57 Å². The largest absolute Gasteiger partial charge is 0.359 e. The maximum Gasteiger partial charge on any atom is 0.304 e. The number of hydrogen-bond acceptors (Lipinski definition) is 2. The van der Waals surface area contributed by atoms with Gasteiger partial charge in [0.1, 0.15) is 24.4 Å². The molecule has 0 N–H and O–H groups in total. The molecule has 1 aliphatic heterocycles. The van der Waals surface area contributed by atoms with Crippen molar-refractivity contribution >= 4 is 0 Å². The summed E-state index contributed by atoms with van der Waals surface area (Å²) in [6.07, 6.45) is 3.31. The van der Waals surface area contributed by atoms with Crippen molar-refractivity contribution in [3.05, 3.63) is 76.4 Å². The van der Waals surface area contributed by atoms with Crippen LogP contribution in [0, 0.1) is 20.8 Å². The molecular weight excluding hydrogens is 310 g/mol. The fraction of sp³-hybridized carbons (Fsp3) is 0.333. The van der Waals surface area contributed by atoms with Gasteiger partial charge in [-0.1, -0.05) is 46.6 Å². The van der Waals surface area contributed by atoms with Crippen LogP contribution in [0.3, 0.4) is 0 Å². The van der Waals surface area contributed by atoms with Crippen molar-refractivity contribution in [3.63, 3.8) is 0 Å². The number of aromatic nitrogens is 3. The molecule has 25 heavy (non-hydrogen) atoms. The molecule has 2 atom stereocenters. The van der Waals surface area contributed by atoms with Gasteiger partial charge in [-0.3, -0.25) is 0 Å². The molecule has 0 spiro atoms. The lowest BCUT2D eigenvalue weighted by Gasteiger charge is -2.23. The third-order valence-electron chi connectivity index (χ3n) is 5.51. The van der Waals surface area contributed by atoms with Crippen molar-refractivity contribution in [2.75, 3.05) is 0 Å². The zero-order chi connectivity index (χ0) is 17.1. The number of ether oxygens (including phenoxy) is 1. The van der Waals surface area contributed by atoms with Crippen molar-refractivity contribution < 1.29 is 9.30 Å². The van der Waals surface area contributed by atoms with E-state index in [-0.39, 0.29) is 6.10 Å². The second kappa shape index (κ2) is 5.27. The Morgan fingerprint density at radius 3 is 2.68 bits per heavy atom. The molecule has 126 valence electrons. The molecule has 0 bridgehead atoms. The molecule has 2 aliphatic rings. The Morgan fingerprint density at radius 2 is 1.88 bits per heavy atom. The van der Waals surface area contributed by atoms with Crippen LogP contribution in [0.2, 0.25) is 0 Å². The molecule has 2 aromatic carbocycles. The third-order valence-corrected chi connectivity index (χ3v) is 5.51. The average Bonchev–Trinajstić information content (AvgIpc) is 3.14. The van der Waals surface area contributed by atoms with E-state index in [4.69, 9.17) is 9.84 Å². The van der Waals surface area contributed by atoms with E-state index >= 15 is 0 Å². The van der Waals surface area contributed by atoms with Crippen LogP contribution in [-0.2, 0) is 17.8 Å². The van der Waals surface area contributed by atoms with Crippen LogP contribution in [0.4, 0.5) is 0 Å². The Kier molecular flexibility index (Phi) is 3.13. The van der Waals surface area contributed by atoms with Gasteiger partial charge in [0.25, 0.3) is 0 Å². The molecule has 0 radical (unpaired) electrons. The number of aryl methyl sites for hydroxylation is 3. The first-order valence-corrected chi connectivity index (χ1v) is 8.89. The second-order valence-corrected chi connectivity index (χ2v) is 7.33. The maximum absolute atomic E-state index is 6.19. The van der Waals surface area contributed by atoms with Crippen LogP contribution < -0.4 is 4.57 Å². The predicted octanol–water partition coefficient (Wildman–Crippen LogP) is 3.45. The topological polar surface area (TPSA) is 30.9 Å². The summed E-state index contributed by atoms with van der Waals surface area (Å²) in [5.41, 5.74) is 7.71. The van der Waals surface area contributed by atoms with Crippen LogP contribution in [0.25, 0.3) is 5.69 Å². The molecule has 0 amide bonds. The first kappa shape index (κ1) is 14.8. The standard InChI is InChI=1S/C21H22N3O/c1-13-8-14(2)20(15(3)9-13)24-12-23-18-10-16-6-4-5-7-17(16)21(18)25-11-19(23)22-24/h4-9,12,18,21H,10-11H2,1-3H3/q+1/t18-,21+/m0/s1. The van der Waals surface area contributed by atoms with Gasteiger partial charge in [0, 0.05) is 11.5 Å². The molecule has 3 aromatic rings. The van der Waals surface area contributed by atoms with Crippen molar-refractivity contribution in [1.82, 2.24) is 9.78 Å². The van der Waals surface area contributed by atoms with E-state index in [1.165, 1.54) is 33.5 Å². The lowest BCUT2D eigenvalue weighted by molar-refractivity contribution is -0.749. The average molecular weight is 332 g/mol. The smallest absolute Gasteiger partial charge is 0.304 e. The number of hydrogen-bond donors (Lipinski definition) is 0. The first-order valence-electron chi connectivity index (χ1n) is 8.89. The fourth-order valence-corrected chi connectivity index (χ4v) is 4.55. The lowest BCUT2D eigenvalue weighted by Crippen LogP contribution is -2.47. The molecule has 0 saturated carbocycles. The molecule has 4 nitrogen and oxygen atoms in total. The van der Waals surface area contributed by atoms with E-state index in [1.807, 2.05) is 4.68 Å². The number of nitrogens with zero attached hydrogens (tertiary/aromatic N) is 3. The second-order valence-electron chi connectivity index (χ2n) is 7.33. The molecule has 5 rings (SSSR count). The van der Waals surface area contributed by atoms with E-state index in [9.17, 15) is 0 Å². The van der Waals surface area contributed by atoms with Gasteiger partial charge in [0.2, 0.25) is 6.33 Å². The molecule has 0 unspecified atom stereocenters. The monoisotopic (exact) mass is 332 g/mol. The minimum Gasteiger partial charge on any atom is -0.359 e. The molecule has 1 aromatic heterocycles. The summed E-state index contributed by atoms with van der Waals surface area (Å²) in [6, 6.07) is 13.4. The molecular formula is C21H22N3O+. The number of benzene rings is 2. The zero-order valence-corrected chi connectivity index (χ0v) is 14.9.